The molecule has 2 N–H and O–H groups in total. The summed E-state index contributed by atoms with van der Waals surface area (Å²) in [7, 11) is 0. The van der Waals surface area contributed by atoms with Gasteiger partial charge < -0.3 is 10.6 Å². The van der Waals surface area contributed by atoms with Crippen LogP contribution in [0.3, 0.4) is 0 Å². The largest absolute Gasteiger partial charge is 0.399 e. The van der Waals surface area contributed by atoms with Crippen LogP contribution in [-0.4, -0.2) is 23.4 Å². The minimum Gasteiger partial charge on any atom is -0.399 e. The van der Waals surface area contributed by atoms with Gasteiger partial charge in [-0.25, -0.2) is 0 Å². The summed E-state index contributed by atoms with van der Waals surface area (Å²) in [5.41, 5.74) is 6.85. The van der Waals surface area contributed by atoms with Crippen LogP contribution in [0.25, 0.3) is 0 Å². The third-order valence-corrected chi connectivity index (χ3v) is 4.12. The first-order chi connectivity index (χ1) is 9.49. The van der Waals surface area contributed by atoms with Crippen LogP contribution >= 0.6 is 11.6 Å². The lowest BCUT2D eigenvalue weighted by atomic mass is 10.1. The minimum atomic E-state index is 0.0376. The molecule has 0 bridgehead atoms. The van der Waals surface area contributed by atoms with E-state index >= 15 is 0 Å². The van der Waals surface area contributed by atoms with Gasteiger partial charge in [0.15, 0.2) is 0 Å². The number of halogens is 1. The first-order valence-corrected chi connectivity index (χ1v) is 7.73. The Morgan fingerprint density at radius 3 is 2.60 bits per heavy atom. The van der Waals surface area contributed by atoms with Gasteiger partial charge >= 0.3 is 0 Å². The zero-order valence-corrected chi connectivity index (χ0v) is 13.0. The van der Waals surface area contributed by atoms with E-state index in [1.54, 1.807) is 18.2 Å². The number of hydrogen-bond acceptors (Lipinski definition) is 2. The molecule has 1 aliphatic rings. The summed E-state index contributed by atoms with van der Waals surface area (Å²) in [5, 5.41) is 0.446. The molecule has 20 heavy (non-hydrogen) atoms. The Morgan fingerprint density at radius 2 is 2.05 bits per heavy atom. The Morgan fingerprint density at radius 1 is 1.40 bits per heavy atom. The molecule has 1 fully saturated rings. The van der Waals surface area contributed by atoms with Crippen molar-refractivity contribution in [1.82, 2.24) is 4.90 Å². The van der Waals surface area contributed by atoms with Crippen molar-refractivity contribution in [2.24, 2.45) is 5.92 Å². The number of nitrogen functional groups attached to an aromatic ring is 1. The maximum Gasteiger partial charge on any atom is 0.255 e. The van der Waals surface area contributed by atoms with Crippen LogP contribution in [0.5, 0.6) is 0 Å². The summed E-state index contributed by atoms with van der Waals surface area (Å²) in [4.78, 5) is 14.8. The number of rotatable bonds is 4. The molecule has 0 unspecified atom stereocenters. The Labute approximate surface area is 126 Å². The molecular weight excluding hydrogens is 272 g/mol. The maximum absolute atomic E-state index is 12.8. The van der Waals surface area contributed by atoms with Gasteiger partial charge in [0, 0.05) is 18.3 Å². The summed E-state index contributed by atoms with van der Waals surface area (Å²) >= 11 is 6.18. The van der Waals surface area contributed by atoms with E-state index in [0.29, 0.717) is 28.2 Å². The van der Waals surface area contributed by atoms with Gasteiger partial charge in [-0.05, 0) is 37.0 Å². The van der Waals surface area contributed by atoms with Crippen LogP contribution in [0.15, 0.2) is 18.2 Å². The molecule has 0 spiro atoms. The number of anilines is 1. The molecule has 0 radical (unpaired) electrons. The van der Waals surface area contributed by atoms with E-state index in [-0.39, 0.29) is 5.91 Å². The van der Waals surface area contributed by atoms with Crippen molar-refractivity contribution in [2.45, 2.75) is 45.6 Å². The van der Waals surface area contributed by atoms with Crippen LogP contribution < -0.4 is 5.73 Å². The Kier molecular flexibility index (Phi) is 4.92. The zero-order chi connectivity index (χ0) is 14.7. The summed E-state index contributed by atoms with van der Waals surface area (Å²) in [6, 6.07) is 5.49. The van der Waals surface area contributed by atoms with E-state index in [1.165, 1.54) is 12.8 Å². The maximum atomic E-state index is 12.8. The molecule has 0 aromatic heterocycles. The fraction of sp³-hybridized carbons (Fsp3) is 0.562. The Balaban J connectivity index is 2.24. The Bertz CT molecular complexity index is 481. The number of hydrogen-bond donors (Lipinski definition) is 1. The van der Waals surface area contributed by atoms with Gasteiger partial charge in [0.2, 0.25) is 0 Å². The monoisotopic (exact) mass is 294 g/mol. The average molecular weight is 295 g/mol. The van der Waals surface area contributed by atoms with Crippen LogP contribution in [-0.2, 0) is 0 Å². The second kappa shape index (κ2) is 6.49. The van der Waals surface area contributed by atoms with E-state index in [0.717, 1.165) is 19.4 Å². The van der Waals surface area contributed by atoms with Crippen LogP contribution in [0, 0.1) is 5.92 Å². The number of nitrogens with zero attached hydrogens (tertiary/aromatic N) is 1. The molecule has 0 aliphatic heterocycles. The normalized spacial score (nSPS) is 15.8. The van der Waals surface area contributed by atoms with Crippen molar-refractivity contribution < 1.29 is 4.79 Å². The highest BCUT2D eigenvalue weighted by Crippen LogP contribution is 2.28. The van der Waals surface area contributed by atoms with E-state index in [9.17, 15) is 4.79 Å². The van der Waals surface area contributed by atoms with Gasteiger partial charge in [-0.1, -0.05) is 38.3 Å². The lowest BCUT2D eigenvalue weighted by Gasteiger charge is -2.31. The zero-order valence-electron chi connectivity index (χ0n) is 12.2. The summed E-state index contributed by atoms with van der Waals surface area (Å²) in [6.07, 6.45) is 4.63. The number of benzene rings is 1. The van der Waals surface area contributed by atoms with Crippen molar-refractivity contribution in [1.29, 1.82) is 0 Å². The van der Waals surface area contributed by atoms with Crippen molar-refractivity contribution in [3.63, 3.8) is 0 Å². The van der Waals surface area contributed by atoms with Crippen LogP contribution in [0.1, 0.15) is 49.9 Å². The molecule has 110 valence electrons. The van der Waals surface area contributed by atoms with Crippen LogP contribution in [0.2, 0.25) is 5.02 Å². The topological polar surface area (TPSA) is 46.3 Å². The molecule has 0 saturated heterocycles. The smallest absolute Gasteiger partial charge is 0.255 e. The standard InChI is InChI=1S/C16H23ClN2O/c1-11(2)10-19(13-5-3-4-6-13)16(20)14-8-7-12(18)9-15(14)17/h7-9,11,13H,3-6,10,18H2,1-2H3. The van der Waals surface area contributed by atoms with Gasteiger partial charge in [0.05, 0.1) is 10.6 Å². The van der Waals surface area contributed by atoms with E-state index in [1.807, 2.05) is 4.90 Å². The molecular formula is C16H23ClN2O. The number of amides is 1. The molecule has 1 aromatic rings. The lowest BCUT2D eigenvalue weighted by Crippen LogP contribution is -2.41. The number of nitrogens with two attached hydrogens (primary N) is 1. The predicted molar refractivity (Wildman–Crippen MR) is 84.0 cm³/mol. The SMILES string of the molecule is CC(C)CN(C(=O)c1ccc(N)cc1Cl)C1CCCC1. The second-order valence-electron chi connectivity index (χ2n) is 6.03. The Hall–Kier alpha value is -1.22. The molecule has 0 atom stereocenters. The van der Waals surface area contributed by atoms with Crippen molar-refractivity contribution >= 4 is 23.2 Å². The molecule has 2 rings (SSSR count). The van der Waals surface area contributed by atoms with Crippen molar-refractivity contribution in [3.05, 3.63) is 28.8 Å². The number of carbonyl (C=O) groups excluding carboxylic acids is 1. The quantitative estimate of drug-likeness (QED) is 0.854. The van der Waals surface area contributed by atoms with Gasteiger partial charge in [-0.3, -0.25) is 4.79 Å². The highest BCUT2D eigenvalue weighted by molar-refractivity contribution is 6.34. The summed E-state index contributed by atoms with van der Waals surface area (Å²) in [6.45, 7) is 5.06. The molecule has 1 aromatic carbocycles. The van der Waals surface area contributed by atoms with Gasteiger partial charge in [0.1, 0.15) is 0 Å². The minimum absolute atomic E-state index is 0.0376. The van der Waals surface area contributed by atoms with Gasteiger partial charge in [0.25, 0.3) is 5.91 Å². The second-order valence-corrected chi connectivity index (χ2v) is 6.44. The fourth-order valence-corrected chi connectivity index (χ4v) is 3.14. The highest BCUT2D eigenvalue weighted by Gasteiger charge is 2.28. The van der Waals surface area contributed by atoms with Gasteiger partial charge in [-0.2, -0.15) is 0 Å². The third-order valence-electron chi connectivity index (χ3n) is 3.81. The summed E-state index contributed by atoms with van der Waals surface area (Å²) in [5.74, 6) is 0.489. The fourth-order valence-electron chi connectivity index (χ4n) is 2.87. The molecule has 1 aliphatic carbocycles. The summed E-state index contributed by atoms with van der Waals surface area (Å²) < 4.78 is 0. The van der Waals surface area contributed by atoms with E-state index in [4.69, 9.17) is 17.3 Å². The van der Waals surface area contributed by atoms with Crippen molar-refractivity contribution in [3.8, 4) is 0 Å². The van der Waals surface area contributed by atoms with Crippen molar-refractivity contribution in [2.75, 3.05) is 12.3 Å². The predicted octanol–water partition coefficient (Wildman–Crippen LogP) is 3.96. The first kappa shape index (κ1) is 15.2. The molecule has 1 saturated carbocycles. The highest BCUT2D eigenvalue weighted by atomic mass is 35.5. The van der Waals surface area contributed by atoms with Crippen LogP contribution in [0.4, 0.5) is 5.69 Å². The molecule has 4 heteroatoms. The number of carbonyl (C=O) groups is 1. The lowest BCUT2D eigenvalue weighted by molar-refractivity contribution is 0.0656. The molecule has 3 nitrogen and oxygen atoms in total. The molecule has 1 amide bonds. The van der Waals surface area contributed by atoms with E-state index in [2.05, 4.69) is 13.8 Å². The van der Waals surface area contributed by atoms with Gasteiger partial charge in [-0.15, -0.1) is 0 Å². The first-order valence-electron chi connectivity index (χ1n) is 7.35. The molecule has 0 heterocycles. The van der Waals surface area contributed by atoms with E-state index < -0.39 is 0 Å². The average Bonchev–Trinajstić information content (AvgIpc) is 2.88. The third kappa shape index (κ3) is 3.45.